The van der Waals surface area contributed by atoms with E-state index in [1.165, 1.54) is 0 Å². The molecule has 1 saturated heterocycles. The van der Waals surface area contributed by atoms with Crippen LogP contribution in [0.15, 0.2) is 40.9 Å². The largest absolute Gasteiger partial charge is 0.496 e. The fraction of sp³-hybridized carbons (Fsp3) is 0.458. The van der Waals surface area contributed by atoms with Gasteiger partial charge in [0, 0.05) is 32.1 Å². The number of benzene rings is 1. The number of oxazole rings is 1. The van der Waals surface area contributed by atoms with Crippen LogP contribution in [-0.2, 0) is 13.5 Å². The molecule has 3 heterocycles. The van der Waals surface area contributed by atoms with Crippen LogP contribution in [0.2, 0.25) is 0 Å². The van der Waals surface area contributed by atoms with Crippen molar-refractivity contribution in [3.8, 4) is 5.75 Å². The molecule has 7 heteroatoms. The van der Waals surface area contributed by atoms with Crippen LogP contribution in [0.25, 0.3) is 0 Å². The smallest absolute Gasteiger partial charge is 0.272 e. The normalized spacial score (nSPS) is 16.7. The summed E-state index contributed by atoms with van der Waals surface area (Å²) < 4.78 is 13.2. The number of rotatable bonds is 6. The average Bonchev–Trinajstić information content (AvgIpc) is 3.40. The fourth-order valence-electron chi connectivity index (χ4n) is 4.13. The lowest BCUT2D eigenvalue weighted by Gasteiger charge is -2.31. The van der Waals surface area contributed by atoms with Crippen molar-refractivity contribution in [2.75, 3.05) is 20.2 Å². The third kappa shape index (κ3) is 4.50. The molecular weight excluding hydrogens is 392 g/mol. The van der Waals surface area contributed by atoms with E-state index < -0.39 is 0 Å². The lowest BCUT2D eigenvalue weighted by Crippen LogP contribution is -2.40. The second-order valence-electron chi connectivity index (χ2n) is 8.48. The van der Waals surface area contributed by atoms with E-state index in [4.69, 9.17) is 9.15 Å². The predicted octanol–water partition coefficient (Wildman–Crippen LogP) is 4.15. The molecule has 1 aliphatic heterocycles. The van der Waals surface area contributed by atoms with E-state index in [0.29, 0.717) is 24.6 Å². The van der Waals surface area contributed by atoms with Crippen LogP contribution in [0.4, 0.5) is 0 Å². The Morgan fingerprint density at radius 3 is 2.87 bits per heavy atom. The second kappa shape index (κ2) is 8.96. The first kappa shape index (κ1) is 21.2. The molecule has 1 atom stereocenters. The van der Waals surface area contributed by atoms with Gasteiger partial charge in [-0.1, -0.05) is 32.0 Å². The Balaban J connectivity index is 1.46. The first-order valence-corrected chi connectivity index (χ1v) is 10.9. The summed E-state index contributed by atoms with van der Waals surface area (Å²) in [5.74, 6) is 2.75. The van der Waals surface area contributed by atoms with Crippen molar-refractivity contribution in [2.24, 2.45) is 7.05 Å². The van der Waals surface area contributed by atoms with Crippen LogP contribution in [0.3, 0.4) is 0 Å². The van der Waals surface area contributed by atoms with Gasteiger partial charge in [-0.05, 0) is 30.9 Å². The number of aromatic nitrogens is 3. The number of piperidine rings is 1. The van der Waals surface area contributed by atoms with Gasteiger partial charge in [0.15, 0.2) is 5.89 Å². The number of carbonyl (C=O) groups excluding carboxylic acids is 1. The minimum atomic E-state index is 0.0207. The van der Waals surface area contributed by atoms with Gasteiger partial charge in [0.2, 0.25) is 0 Å². The van der Waals surface area contributed by atoms with Gasteiger partial charge in [-0.25, -0.2) is 4.98 Å². The van der Waals surface area contributed by atoms with Crippen LogP contribution in [0.5, 0.6) is 5.75 Å². The Morgan fingerprint density at radius 1 is 1.32 bits per heavy atom. The molecule has 1 unspecified atom stereocenters. The molecule has 164 valence electrons. The minimum Gasteiger partial charge on any atom is -0.496 e. The molecule has 0 aliphatic carbocycles. The summed E-state index contributed by atoms with van der Waals surface area (Å²) in [5, 5.41) is 4.49. The first-order valence-electron chi connectivity index (χ1n) is 10.9. The van der Waals surface area contributed by atoms with E-state index in [0.717, 1.165) is 42.2 Å². The Labute approximate surface area is 183 Å². The number of ether oxygens (including phenoxy) is 1. The van der Waals surface area contributed by atoms with Crippen LogP contribution >= 0.6 is 0 Å². The van der Waals surface area contributed by atoms with Gasteiger partial charge in [-0.15, -0.1) is 0 Å². The molecule has 0 saturated carbocycles. The number of aryl methyl sites for hydroxylation is 1. The highest BCUT2D eigenvalue weighted by Crippen LogP contribution is 2.29. The van der Waals surface area contributed by atoms with Crippen LogP contribution in [-0.4, -0.2) is 45.8 Å². The summed E-state index contributed by atoms with van der Waals surface area (Å²) in [7, 11) is 3.50. The van der Waals surface area contributed by atoms with Crippen molar-refractivity contribution < 1.29 is 13.9 Å². The van der Waals surface area contributed by atoms with Gasteiger partial charge < -0.3 is 14.1 Å². The third-order valence-electron chi connectivity index (χ3n) is 5.90. The van der Waals surface area contributed by atoms with Crippen molar-refractivity contribution >= 4 is 5.91 Å². The lowest BCUT2D eigenvalue weighted by atomic mass is 9.97. The molecule has 0 bridgehead atoms. The van der Waals surface area contributed by atoms with Crippen LogP contribution in [0, 0.1) is 0 Å². The maximum absolute atomic E-state index is 13.2. The van der Waals surface area contributed by atoms with Gasteiger partial charge in [-0.3, -0.25) is 9.48 Å². The van der Waals surface area contributed by atoms with Crippen LogP contribution < -0.4 is 4.74 Å². The quantitative estimate of drug-likeness (QED) is 0.597. The van der Waals surface area contributed by atoms with Crippen molar-refractivity contribution in [3.05, 3.63) is 65.1 Å². The maximum atomic E-state index is 13.2. The number of hydrogen-bond donors (Lipinski definition) is 0. The standard InChI is InChI=1S/C24H30N4O3/c1-16(2)20-13-21(27(3)26-20)24(29)28-11-7-9-18(15-28)23-25-14-19(31-23)12-17-8-5-6-10-22(17)30-4/h5-6,8,10,13-14,16,18H,7,9,11-12,15H2,1-4H3. The SMILES string of the molecule is COc1ccccc1Cc1cnc(C2CCCN(C(=O)c3cc(C(C)C)nn3C)C2)o1. The molecule has 3 aromatic rings. The van der Waals surface area contributed by atoms with E-state index in [1.54, 1.807) is 18.0 Å². The zero-order chi connectivity index (χ0) is 22.0. The Morgan fingerprint density at radius 2 is 2.13 bits per heavy atom. The highest BCUT2D eigenvalue weighted by Gasteiger charge is 2.30. The predicted molar refractivity (Wildman–Crippen MR) is 117 cm³/mol. The van der Waals surface area contributed by atoms with Gasteiger partial charge in [0.25, 0.3) is 5.91 Å². The number of hydrogen-bond acceptors (Lipinski definition) is 5. The van der Waals surface area contributed by atoms with E-state index in [9.17, 15) is 4.79 Å². The zero-order valence-corrected chi connectivity index (χ0v) is 18.7. The fourth-order valence-corrected chi connectivity index (χ4v) is 4.13. The Hall–Kier alpha value is -3.09. The number of likely N-dealkylation sites (tertiary alicyclic amines) is 1. The monoisotopic (exact) mass is 422 g/mol. The Kier molecular flexibility index (Phi) is 6.11. The molecule has 0 spiro atoms. The first-order chi connectivity index (χ1) is 15.0. The van der Waals surface area contributed by atoms with E-state index in [1.807, 2.05) is 42.3 Å². The molecule has 1 aliphatic rings. The Bertz CT molecular complexity index is 1050. The molecule has 1 aromatic carbocycles. The van der Waals surface area contributed by atoms with Gasteiger partial charge in [0.1, 0.15) is 17.2 Å². The topological polar surface area (TPSA) is 73.4 Å². The van der Waals surface area contributed by atoms with Crippen molar-refractivity contribution in [1.82, 2.24) is 19.7 Å². The molecule has 0 N–H and O–H groups in total. The molecule has 1 amide bonds. The molecular formula is C24H30N4O3. The zero-order valence-electron chi connectivity index (χ0n) is 18.7. The van der Waals surface area contributed by atoms with Gasteiger partial charge >= 0.3 is 0 Å². The molecule has 4 rings (SSSR count). The molecule has 1 fully saturated rings. The van der Waals surface area contributed by atoms with Crippen LogP contribution in [0.1, 0.15) is 71.9 Å². The van der Waals surface area contributed by atoms with E-state index >= 15 is 0 Å². The number of nitrogens with zero attached hydrogens (tertiary/aromatic N) is 4. The lowest BCUT2D eigenvalue weighted by molar-refractivity contribution is 0.0686. The van der Waals surface area contributed by atoms with E-state index in [2.05, 4.69) is 23.9 Å². The summed E-state index contributed by atoms with van der Waals surface area (Å²) in [6.07, 6.45) is 4.30. The number of amides is 1. The van der Waals surface area contributed by atoms with E-state index in [-0.39, 0.29) is 17.7 Å². The van der Waals surface area contributed by atoms with Crippen molar-refractivity contribution in [3.63, 3.8) is 0 Å². The molecule has 7 nitrogen and oxygen atoms in total. The summed E-state index contributed by atoms with van der Waals surface area (Å²) >= 11 is 0. The second-order valence-corrected chi connectivity index (χ2v) is 8.48. The summed E-state index contributed by atoms with van der Waals surface area (Å²) in [6, 6.07) is 9.83. The van der Waals surface area contributed by atoms with Gasteiger partial charge in [0.05, 0.1) is 24.9 Å². The summed E-state index contributed by atoms with van der Waals surface area (Å²) in [4.78, 5) is 19.6. The highest BCUT2D eigenvalue weighted by molar-refractivity contribution is 5.92. The number of carbonyl (C=O) groups is 1. The molecule has 31 heavy (non-hydrogen) atoms. The molecule has 2 aromatic heterocycles. The van der Waals surface area contributed by atoms with Crippen molar-refractivity contribution in [2.45, 2.75) is 44.9 Å². The number of methoxy groups -OCH3 is 1. The third-order valence-corrected chi connectivity index (χ3v) is 5.90. The number of para-hydroxylation sites is 1. The molecule has 0 radical (unpaired) electrons. The average molecular weight is 423 g/mol. The summed E-state index contributed by atoms with van der Waals surface area (Å²) in [6.45, 7) is 5.51. The highest BCUT2D eigenvalue weighted by atomic mass is 16.5. The maximum Gasteiger partial charge on any atom is 0.272 e. The van der Waals surface area contributed by atoms with Gasteiger partial charge in [-0.2, -0.15) is 5.10 Å². The minimum absolute atomic E-state index is 0.0207. The van der Waals surface area contributed by atoms with Crippen molar-refractivity contribution in [1.29, 1.82) is 0 Å². The summed E-state index contributed by atoms with van der Waals surface area (Å²) in [5.41, 5.74) is 2.63.